The van der Waals surface area contributed by atoms with E-state index < -0.39 is 0 Å². The number of piperidine rings is 1. The van der Waals surface area contributed by atoms with Crippen LogP contribution in [0.3, 0.4) is 0 Å². The number of rotatable bonds is 3. The topological polar surface area (TPSA) is 45.7 Å². The number of anilines is 1. The Kier molecular flexibility index (Phi) is 6.17. The van der Waals surface area contributed by atoms with E-state index >= 15 is 0 Å². The molecule has 0 aliphatic carbocycles. The van der Waals surface area contributed by atoms with Crippen LogP contribution in [0.1, 0.15) is 52.7 Å². The Hall–Kier alpha value is -3.33. The van der Waals surface area contributed by atoms with E-state index in [1.165, 1.54) is 12.8 Å². The van der Waals surface area contributed by atoms with E-state index in [1.807, 2.05) is 48.5 Å². The molecule has 1 aromatic heterocycles. The van der Waals surface area contributed by atoms with Gasteiger partial charge in [0.2, 0.25) is 0 Å². The van der Waals surface area contributed by atoms with Gasteiger partial charge in [0.15, 0.2) is 0 Å². The van der Waals surface area contributed by atoms with E-state index in [0.717, 1.165) is 41.6 Å². The lowest BCUT2D eigenvalue weighted by atomic mass is 9.96. The lowest BCUT2D eigenvalue weighted by Crippen LogP contribution is -2.43. The molecule has 3 aromatic rings. The summed E-state index contributed by atoms with van der Waals surface area (Å²) in [5.74, 6) is 7.00. The SMILES string of the molecule is CN1[C@@H]2CC[C@H]1CC(Oc1ccc(N3CCc4cc(C#Cc5cccnc5)ccc4C3=O)cc1Cl)C2. The van der Waals surface area contributed by atoms with Gasteiger partial charge < -0.3 is 14.5 Å². The highest BCUT2D eigenvalue weighted by atomic mass is 35.5. The van der Waals surface area contributed by atoms with Crippen LogP contribution in [0.5, 0.6) is 5.75 Å². The van der Waals surface area contributed by atoms with Crippen LogP contribution in [-0.4, -0.2) is 47.6 Å². The van der Waals surface area contributed by atoms with Gasteiger partial charge in [-0.2, -0.15) is 0 Å². The summed E-state index contributed by atoms with van der Waals surface area (Å²) in [5, 5.41) is 0.554. The van der Waals surface area contributed by atoms with Gasteiger partial charge in [0.1, 0.15) is 11.9 Å². The molecule has 2 aromatic carbocycles. The second-order valence-corrected chi connectivity index (χ2v) is 10.4. The van der Waals surface area contributed by atoms with Gasteiger partial charge in [-0.15, -0.1) is 0 Å². The molecule has 1 amide bonds. The van der Waals surface area contributed by atoms with Crippen molar-refractivity contribution < 1.29 is 9.53 Å². The lowest BCUT2D eigenvalue weighted by molar-refractivity contribution is 0.0662. The molecule has 4 heterocycles. The Labute approximate surface area is 217 Å². The number of nitrogens with zero attached hydrogens (tertiary/aromatic N) is 3. The normalized spacial score (nSPS) is 23.1. The van der Waals surface area contributed by atoms with Crippen molar-refractivity contribution in [3.05, 3.63) is 88.2 Å². The monoisotopic (exact) mass is 497 g/mol. The molecule has 3 aliphatic rings. The van der Waals surface area contributed by atoms with Crippen LogP contribution in [0.4, 0.5) is 5.69 Å². The Balaban J connectivity index is 1.16. The molecule has 2 bridgehead atoms. The summed E-state index contributed by atoms with van der Waals surface area (Å²) in [6.45, 7) is 0.597. The van der Waals surface area contributed by atoms with Crippen LogP contribution in [0.15, 0.2) is 60.9 Å². The van der Waals surface area contributed by atoms with Crippen molar-refractivity contribution in [2.75, 3.05) is 18.5 Å². The van der Waals surface area contributed by atoms with E-state index in [1.54, 1.807) is 17.3 Å². The maximum atomic E-state index is 13.3. The van der Waals surface area contributed by atoms with Crippen molar-refractivity contribution in [1.82, 2.24) is 9.88 Å². The third-order valence-corrected chi connectivity index (χ3v) is 8.07. The summed E-state index contributed by atoms with van der Waals surface area (Å²) in [6, 6.07) is 16.5. The summed E-state index contributed by atoms with van der Waals surface area (Å²) in [6.07, 6.45) is 9.02. The predicted molar refractivity (Wildman–Crippen MR) is 142 cm³/mol. The number of fused-ring (bicyclic) bond motifs is 3. The highest BCUT2D eigenvalue weighted by Crippen LogP contribution is 2.38. The molecule has 6 rings (SSSR count). The van der Waals surface area contributed by atoms with Crippen LogP contribution in [0, 0.1) is 11.8 Å². The highest BCUT2D eigenvalue weighted by molar-refractivity contribution is 6.32. The van der Waals surface area contributed by atoms with Crippen molar-refractivity contribution >= 4 is 23.2 Å². The maximum absolute atomic E-state index is 13.3. The third-order valence-electron chi connectivity index (χ3n) is 7.77. The zero-order valence-corrected chi connectivity index (χ0v) is 21.0. The predicted octanol–water partition coefficient (Wildman–Crippen LogP) is 5.34. The molecule has 0 N–H and O–H groups in total. The van der Waals surface area contributed by atoms with Crippen LogP contribution in [0.25, 0.3) is 0 Å². The summed E-state index contributed by atoms with van der Waals surface area (Å²) in [7, 11) is 2.23. The minimum Gasteiger partial charge on any atom is -0.489 e. The quantitative estimate of drug-likeness (QED) is 0.458. The van der Waals surface area contributed by atoms with E-state index in [0.29, 0.717) is 35.0 Å². The first kappa shape index (κ1) is 23.1. The van der Waals surface area contributed by atoms with Gasteiger partial charge in [0.05, 0.1) is 5.02 Å². The van der Waals surface area contributed by atoms with E-state index in [2.05, 4.69) is 28.8 Å². The van der Waals surface area contributed by atoms with Gasteiger partial charge in [-0.3, -0.25) is 9.78 Å². The number of pyridine rings is 1. The van der Waals surface area contributed by atoms with Gasteiger partial charge in [-0.25, -0.2) is 0 Å². The van der Waals surface area contributed by atoms with E-state index in [9.17, 15) is 4.79 Å². The van der Waals surface area contributed by atoms with Crippen LogP contribution >= 0.6 is 11.6 Å². The first-order valence-corrected chi connectivity index (χ1v) is 13.0. The zero-order chi connectivity index (χ0) is 24.6. The summed E-state index contributed by atoms with van der Waals surface area (Å²) in [4.78, 5) is 21.7. The molecule has 5 nitrogen and oxygen atoms in total. The number of amides is 1. The molecule has 1 unspecified atom stereocenters. The van der Waals surface area contributed by atoms with Gasteiger partial charge in [0, 0.05) is 53.4 Å². The van der Waals surface area contributed by atoms with Crippen molar-refractivity contribution in [1.29, 1.82) is 0 Å². The molecule has 3 atom stereocenters. The molecule has 0 spiro atoms. The summed E-state index contributed by atoms with van der Waals surface area (Å²) < 4.78 is 6.33. The number of halogens is 1. The Morgan fingerprint density at radius 3 is 2.58 bits per heavy atom. The van der Waals surface area contributed by atoms with Crippen molar-refractivity contribution in [3.63, 3.8) is 0 Å². The minimum absolute atomic E-state index is 0.0142. The number of benzene rings is 2. The smallest absolute Gasteiger partial charge is 0.258 e. The first-order chi connectivity index (χ1) is 17.5. The average molecular weight is 498 g/mol. The number of ether oxygens (including phenoxy) is 1. The van der Waals surface area contributed by atoms with Crippen molar-refractivity contribution in [2.24, 2.45) is 0 Å². The van der Waals surface area contributed by atoms with Gasteiger partial charge in [-0.1, -0.05) is 23.4 Å². The fraction of sp³-hybridized carbons (Fsp3) is 0.333. The molecule has 6 heteroatoms. The molecule has 2 saturated heterocycles. The number of carbonyl (C=O) groups excluding carboxylic acids is 1. The molecule has 3 aliphatic heterocycles. The average Bonchev–Trinajstić information content (AvgIpc) is 3.09. The maximum Gasteiger partial charge on any atom is 0.258 e. The zero-order valence-electron chi connectivity index (χ0n) is 20.3. The number of aromatic nitrogens is 1. The Morgan fingerprint density at radius 2 is 1.83 bits per heavy atom. The van der Waals surface area contributed by atoms with Gasteiger partial charge in [0.25, 0.3) is 5.91 Å². The molecule has 36 heavy (non-hydrogen) atoms. The molecular weight excluding hydrogens is 470 g/mol. The second-order valence-electron chi connectivity index (χ2n) is 9.95. The fourth-order valence-electron chi connectivity index (χ4n) is 5.78. The minimum atomic E-state index is -0.0142. The molecule has 182 valence electrons. The standard InChI is InChI=1S/C30H28ClN3O2/c1-33-23-7-8-24(33)17-26(16-23)36-29-11-9-25(18-28(29)31)34-14-12-22-15-20(6-10-27(22)30(34)35)4-5-21-3-2-13-32-19-21/h2-3,6,9-11,13,15,18-19,23-24,26H,7-8,12,14,16-17H2,1H3/t23-,24+,26?. The van der Waals surface area contributed by atoms with Crippen LogP contribution < -0.4 is 9.64 Å². The van der Waals surface area contributed by atoms with Crippen LogP contribution in [0.2, 0.25) is 5.02 Å². The van der Waals surface area contributed by atoms with E-state index in [-0.39, 0.29) is 12.0 Å². The number of hydrogen-bond donors (Lipinski definition) is 0. The number of hydrogen-bond acceptors (Lipinski definition) is 4. The Morgan fingerprint density at radius 1 is 1.03 bits per heavy atom. The van der Waals surface area contributed by atoms with Gasteiger partial charge >= 0.3 is 0 Å². The first-order valence-electron chi connectivity index (χ1n) is 12.6. The molecule has 2 fully saturated rings. The largest absolute Gasteiger partial charge is 0.489 e. The van der Waals surface area contributed by atoms with Crippen molar-refractivity contribution in [3.8, 4) is 17.6 Å². The second kappa shape index (κ2) is 9.61. The Bertz CT molecular complexity index is 1350. The number of carbonyl (C=O) groups is 1. The summed E-state index contributed by atoms with van der Waals surface area (Å²) >= 11 is 6.65. The molecule has 0 radical (unpaired) electrons. The molecule has 0 saturated carbocycles. The fourth-order valence-corrected chi connectivity index (χ4v) is 6.00. The molecular formula is C30H28ClN3O2. The lowest BCUT2D eigenvalue weighted by Gasteiger charge is -2.36. The highest BCUT2D eigenvalue weighted by Gasteiger charge is 2.39. The van der Waals surface area contributed by atoms with Crippen LogP contribution in [-0.2, 0) is 6.42 Å². The summed E-state index contributed by atoms with van der Waals surface area (Å²) in [5.41, 5.74) is 4.30. The van der Waals surface area contributed by atoms with Gasteiger partial charge in [-0.05, 0) is 93.2 Å². The van der Waals surface area contributed by atoms with Crippen molar-refractivity contribution in [2.45, 2.75) is 50.3 Å². The van der Waals surface area contributed by atoms with E-state index in [4.69, 9.17) is 16.3 Å². The third kappa shape index (κ3) is 4.48.